The molecule has 3 aromatic rings. The smallest absolute Gasteiger partial charge is 0.124 e. The van der Waals surface area contributed by atoms with Crippen molar-refractivity contribution in [1.29, 1.82) is 0 Å². The SMILES string of the molecule is Cc1ccc(CNC(c2nc3ccccc3[nH]2)C(C)C)o1. The van der Waals surface area contributed by atoms with E-state index < -0.39 is 0 Å². The second-order valence-corrected chi connectivity index (χ2v) is 5.75. The van der Waals surface area contributed by atoms with Crippen molar-refractivity contribution in [3.63, 3.8) is 0 Å². The topological polar surface area (TPSA) is 53.9 Å². The molecule has 21 heavy (non-hydrogen) atoms. The zero-order valence-electron chi connectivity index (χ0n) is 12.7. The van der Waals surface area contributed by atoms with Crippen LogP contribution >= 0.6 is 0 Å². The van der Waals surface area contributed by atoms with Crippen LogP contribution in [0.4, 0.5) is 0 Å². The first-order chi connectivity index (χ1) is 10.1. The number of rotatable bonds is 5. The molecule has 4 heteroatoms. The molecular weight excluding hydrogens is 262 g/mol. The molecule has 3 rings (SSSR count). The number of furan rings is 1. The van der Waals surface area contributed by atoms with Crippen molar-refractivity contribution in [2.75, 3.05) is 0 Å². The lowest BCUT2D eigenvalue weighted by Crippen LogP contribution is -2.26. The van der Waals surface area contributed by atoms with E-state index in [1.807, 2.05) is 37.3 Å². The molecule has 2 N–H and O–H groups in total. The predicted molar refractivity (Wildman–Crippen MR) is 84.0 cm³/mol. The third-order valence-electron chi connectivity index (χ3n) is 3.66. The summed E-state index contributed by atoms with van der Waals surface area (Å²) in [5.41, 5.74) is 2.09. The molecule has 0 bridgehead atoms. The summed E-state index contributed by atoms with van der Waals surface area (Å²) in [6.45, 7) is 7.05. The molecule has 0 aliphatic heterocycles. The fourth-order valence-corrected chi connectivity index (χ4v) is 2.56. The summed E-state index contributed by atoms with van der Waals surface area (Å²) in [6.07, 6.45) is 0. The highest BCUT2D eigenvalue weighted by atomic mass is 16.3. The number of aromatic amines is 1. The van der Waals surface area contributed by atoms with Crippen LogP contribution in [0.3, 0.4) is 0 Å². The molecule has 1 atom stereocenters. The highest BCUT2D eigenvalue weighted by molar-refractivity contribution is 5.74. The van der Waals surface area contributed by atoms with Crippen LogP contribution in [0.2, 0.25) is 0 Å². The second-order valence-electron chi connectivity index (χ2n) is 5.75. The monoisotopic (exact) mass is 283 g/mol. The largest absolute Gasteiger partial charge is 0.465 e. The predicted octanol–water partition coefficient (Wildman–Crippen LogP) is 3.95. The third kappa shape index (κ3) is 3.00. The van der Waals surface area contributed by atoms with E-state index in [0.29, 0.717) is 12.5 Å². The molecule has 0 aliphatic carbocycles. The van der Waals surface area contributed by atoms with Crippen LogP contribution in [0.15, 0.2) is 40.8 Å². The number of imidazole rings is 1. The standard InChI is InChI=1S/C17H21N3O/c1-11(2)16(18-10-13-9-8-12(3)21-13)17-19-14-6-4-5-7-15(14)20-17/h4-9,11,16,18H,10H2,1-3H3,(H,19,20). The summed E-state index contributed by atoms with van der Waals surface area (Å²) in [5, 5.41) is 3.54. The second kappa shape index (κ2) is 5.74. The number of nitrogens with one attached hydrogen (secondary N) is 2. The van der Waals surface area contributed by atoms with Crippen LogP contribution in [0.1, 0.15) is 37.2 Å². The van der Waals surface area contributed by atoms with Gasteiger partial charge in [0.2, 0.25) is 0 Å². The van der Waals surface area contributed by atoms with E-state index in [-0.39, 0.29) is 6.04 Å². The average molecular weight is 283 g/mol. The van der Waals surface area contributed by atoms with Gasteiger partial charge in [0.15, 0.2) is 0 Å². The molecule has 2 aromatic heterocycles. The number of fused-ring (bicyclic) bond motifs is 1. The number of nitrogens with zero attached hydrogens (tertiary/aromatic N) is 1. The summed E-state index contributed by atoms with van der Waals surface area (Å²) in [5.74, 6) is 3.31. The van der Waals surface area contributed by atoms with Crippen LogP contribution < -0.4 is 5.32 Å². The van der Waals surface area contributed by atoms with Crippen molar-refractivity contribution < 1.29 is 4.42 Å². The van der Waals surface area contributed by atoms with Gasteiger partial charge in [-0.05, 0) is 37.1 Å². The Morgan fingerprint density at radius 1 is 1.19 bits per heavy atom. The molecule has 4 nitrogen and oxygen atoms in total. The lowest BCUT2D eigenvalue weighted by Gasteiger charge is -2.19. The minimum absolute atomic E-state index is 0.169. The van der Waals surface area contributed by atoms with E-state index in [1.165, 1.54) is 0 Å². The van der Waals surface area contributed by atoms with Gasteiger partial charge in [-0.2, -0.15) is 0 Å². The van der Waals surface area contributed by atoms with Crippen molar-refractivity contribution in [3.8, 4) is 0 Å². The normalized spacial score (nSPS) is 13.1. The van der Waals surface area contributed by atoms with Crippen LogP contribution in [-0.2, 0) is 6.54 Å². The molecule has 0 spiro atoms. The van der Waals surface area contributed by atoms with Gasteiger partial charge >= 0.3 is 0 Å². The maximum absolute atomic E-state index is 5.62. The zero-order valence-corrected chi connectivity index (χ0v) is 12.7. The summed E-state index contributed by atoms with van der Waals surface area (Å²) in [4.78, 5) is 8.12. The molecule has 1 aromatic carbocycles. The summed E-state index contributed by atoms with van der Waals surface area (Å²) in [7, 11) is 0. The van der Waals surface area contributed by atoms with Gasteiger partial charge in [0.05, 0.1) is 23.6 Å². The summed E-state index contributed by atoms with van der Waals surface area (Å²) in [6, 6.07) is 12.3. The Kier molecular flexibility index (Phi) is 3.80. The third-order valence-corrected chi connectivity index (χ3v) is 3.66. The minimum Gasteiger partial charge on any atom is -0.465 e. The molecule has 0 saturated heterocycles. The first-order valence-corrected chi connectivity index (χ1v) is 7.37. The number of hydrogen-bond acceptors (Lipinski definition) is 3. The van der Waals surface area contributed by atoms with E-state index in [4.69, 9.17) is 9.40 Å². The Morgan fingerprint density at radius 3 is 2.67 bits per heavy atom. The lowest BCUT2D eigenvalue weighted by molar-refractivity contribution is 0.369. The molecular formula is C17H21N3O. The maximum atomic E-state index is 5.62. The first-order valence-electron chi connectivity index (χ1n) is 7.37. The van der Waals surface area contributed by atoms with Crippen LogP contribution in [-0.4, -0.2) is 9.97 Å². The average Bonchev–Trinajstić information content (AvgIpc) is 3.04. The van der Waals surface area contributed by atoms with Gasteiger partial charge in [-0.3, -0.25) is 0 Å². The Labute approximate surface area is 124 Å². The Balaban J connectivity index is 1.80. The van der Waals surface area contributed by atoms with Gasteiger partial charge in [-0.15, -0.1) is 0 Å². The number of benzene rings is 1. The summed E-state index contributed by atoms with van der Waals surface area (Å²) < 4.78 is 5.62. The molecule has 2 heterocycles. The van der Waals surface area contributed by atoms with Gasteiger partial charge in [0.1, 0.15) is 17.3 Å². The highest BCUT2D eigenvalue weighted by Gasteiger charge is 2.19. The van der Waals surface area contributed by atoms with Crippen LogP contribution in [0, 0.1) is 12.8 Å². The molecule has 0 radical (unpaired) electrons. The Hall–Kier alpha value is -2.07. The van der Waals surface area contributed by atoms with Gasteiger partial charge in [0.25, 0.3) is 0 Å². The van der Waals surface area contributed by atoms with E-state index in [0.717, 1.165) is 28.4 Å². The number of para-hydroxylation sites is 2. The molecule has 0 fully saturated rings. The van der Waals surface area contributed by atoms with Gasteiger partial charge in [0, 0.05) is 0 Å². The molecule has 0 aliphatic rings. The van der Waals surface area contributed by atoms with Crippen molar-refractivity contribution in [2.24, 2.45) is 5.92 Å². The molecule has 0 amide bonds. The number of aryl methyl sites for hydroxylation is 1. The van der Waals surface area contributed by atoms with Crippen molar-refractivity contribution in [3.05, 3.63) is 53.7 Å². The first kappa shape index (κ1) is 13.9. The fraction of sp³-hybridized carbons (Fsp3) is 0.353. The van der Waals surface area contributed by atoms with Gasteiger partial charge in [-0.1, -0.05) is 26.0 Å². The van der Waals surface area contributed by atoms with Gasteiger partial charge < -0.3 is 14.7 Å². The summed E-state index contributed by atoms with van der Waals surface area (Å²) >= 11 is 0. The Bertz CT molecular complexity index is 693. The van der Waals surface area contributed by atoms with E-state index in [9.17, 15) is 0 Å². The number of aromatic nitrogens is 2. The zero-order chi connectivity index (χ0) is 14.8. The van der Waals surface area contributed by atoms with Gasteiger partial charge in [-0.25, -0.2) is 4.98 Å². The van der Waals surface area contributed by atoms with Crippen molar-refractivity contribution >= 4 is 11.0 Å². The number of H-pyrrole nitrogens is 1. The quantitative estimate of drug-likeness (QED) is 0.745. The minimum atomic E-state index is 0.169. The van der Waals surface area contributed by atoms with E-state index in [2.05, 4.69) is 30.2 Å². The highest BCUT2D eigenvalue weighted by Crippen LogP contribution is 2.22. The lowest BCUT2D eigenvalue weighted by atomic mass is 10.0. The van der Waals surface area contributed by atoms with E-state index in [1.54, 1.807) is 0 Å². The van der Waals surface area contributed by atoms with Crippen molar-refractivity contribution in [1.82, 2.24) is 15.3 Å². The fourth-order valence-electron chi connectivity index (χ4n) is 2.56. The number of hydrogen-bond donors (Lipinski definition) is 2. The molecule has 110 valence electrons. The maximum Gasteiger partial charge on any atom is 0.124 e. The van der Waals surface area contributed by atoms with E-state index >= 15 is 0 Å². The molecule has 1 unspecified atom stereocenters. The Morgan fingerprint density at radius 2 is 2.00 bits per heavy atom. The van der Waals surface area contributed by atoms with Crippen LogP contribution in [0.5, 0.6) is 0 Å². The van der Waals surface area contributed by atoms with Crippen molar-refractivity contribution in [2.45, 2.75) is 33.4 Å². The van der Waals surface area contributed by atoms with Crippen LogP contribution in [0.25, 0.3) is 11.0 Å². The molecule has 0 saturated carbocycles.